The molecule has 2 aromatic carbocycles. The number of nitrogens with one attached hydrogen (secondary N) is 1. The van der Waals surface area contributed by atoms with Crippen molar-refractivity contribution in [1.29, 1.82) is 0 Å². The first-order valence-electron chi connectivity index (χ1n) is 9.66. The number of benzene rings is 2. The fourth-order valence-electron chi connectivity index (χ4n) is 3.59. The first-order valence-corrected chi connectivity index (χ1v) is 9.66. The molecule has 0 atom stereocenters. The van der Waals surface area contributed by atoms with Crippen molar-refractivity contribution in [2.24, 2.45) is 0 Å². The number of hydrogen-bond acceptors (Lipinski definition) is 4. The van der Waals surface area contributed by atoms with Crippen LogP contribution in [0.3, 0.4) is 0 Å². The number of halogens is 1. The van der Waals surface area contributed by atoms with Gasteiger partial charge in [0.05, 0.1) is 29.5 Å². The van der Waals surface area contributed by atoms with Gasteiger partial charge in [-0.3, -0.25) is 9.59 Å². The standard InChI is InChI=1S/C23H17FN4O3/c24-16-9-7-15(8-10-16)18-12-22(30)28-20-6-2-1-5-19(20)27(23(28)26-18)14-21(29)25-13-17-4-3-11-31-17/h1-12H,13-14H2,(H,25,29). The number of furan rings is 1. The van der Waals surface area contributed by atoms with Crippen LogP contribution in [0.2, 0.25) is 0 Å². The molecule has 3 aromatic heterocycles. The molecule has 0 aliphatic carbocycles. The smallest absolute Gasteiger partial charge is 0.260 e. The van der Waals surface area contributed by atoms with Gasteiger partial charge in [-0.15, -0.1) is 0 Å². The quantitative estimate of drug-likeness (QED) is 0.476. The fraction of sp³-hybridized carbons (Fsp3) is 0.0870. The summed E-state index contributed by atoms with van der Waals surface area (Å²) in [4.78, 5) is 30.2. The second-order valence-electron chi connectivity index (χ2n) is 7.05. The summed E-state index contributed by atoms with van der Waals surface area (Å²) >= 11 is 0. The highest BCUT2D eigenvalue weighted by atomic mass is 19.1. The van der Waals surface area contributed by atoms with Crippen molar-refractivity contribution in [3.05, 3.63) is 94.9 Å². The van der Waals surface area contributed by atoms with E-state index in [4.69, 9.17) is 4.42 Å². The third-order valence-electron chi connectivity index (χ3n) is 5.04. The molecule has 0 saturated carbocycles. The van der Waals surface area contributed by atoms with Crippen molar-refractivity contribution in [3.63, 3.8) is 0 Å². The van der Waals surface area contributed by atoms with Crippen LogP contribution in [0.4, 0.5) is 4.39 Å². The summed E-state index contributed by atoms with van der Waals surface area (Å²) in [6.45, 7) is 0.230. The van der Waals surface area contributed by atoms with Crippen LogP contribution in [0.15, 0.2) is 82.2 Å². The number of imidazole rings is 1. The molecule has 1 amide bonds. The lowest BCUT2D eigenvalue weighted by molar-refractivity contribution is -0.121. The van der Waals surface area contributed by atoms with Crippen molar-refractivity contribution < 1.29 is 13.6 Å². The molecule has 0 radical (unpaired) electrons. The molecular formula is C23H17FN4O3. The molecule has 8 heteroatoms. The zero-order valence-electron chi connectivity index (χ0n) is 16.3. The van der Waals surface area contributed by atoms with Crippen molar-refractivity contribution >= 4 is 22.7 Å². The number of carbonyl (C=O) groups excluding carboxylic acids is 1. The van der Waals surface area contributed by atoms with E-state index in [-0.39, 0.29) is 30.4 Å². The van der Waals surface area contributed by atoms with Gasteiger partial charge in [0.2, 0.25) is 11.7 Å². The van der Waals surface area contributed by atoms with E-state index >= 15 is 0 Å². The minimum Gasteiger partial charge on any atom is -0.467 e. The van der Waals surface area contributed by atoms with E-state index in [1.54, 1.807) is 41.2 Å². The Bertz CT molecular complexity index is 1450. The van der Waals surface area contributed by atoms with Crippen molar-refractivity contribution in [1.82, 2.24) is 19.3 Å². The highest BCUT2D eigenvalue weighted by molar-refractivity contribution is 5.85. The number of carbonyl (C=O) groups is 1. The van der Waals surface area contributed by atoms with Gasteiger partial charge in [-0.2, -0.15) is 0 Å². The molecule has 0 unspecified atom stereocenters. The second-order valence-corrected chi connectivity index (χ2v) is 7.05. The summed E-state index contributed by atoms with van der Waals surface area (Å²) in [6.07, 6.45) is 1.54. The van der Waals surface area contributed by atoms with E-state index in [1.807, 2.05) is 18.2 Å². The normalized spacial score (nSPS) is 11.3. The highest BCUT2D eigenvalue weighted by Gasteiger charge is 2.17. The summed E-state index contributed by atoms with van der Waals surface area (Å²) < 4.78 is 21.7. The Morgan fingerprint density at radius 1 is 1.03 bits per heavy atom. The molecule has 3 heterocycles. The lowest BCUT2D eigenvalue weighted by Crippen LogP contribution is -2.27. The zero-order chi connectivity index (χ0) is 21.4. The number of amides is 1. The number of para-hydroxylation sites is 2. The summed E-state index contributed by atoms with van der Waals surface area (Å²) in [7, 11) is 0. The minimum absolute atomic E-state index is 0.0307. The molecule has 31 heavy (non-hydrogen) atoms. The lowest BCUT2D eigenvalue weighted by Gasteiger charge is -2.08. The van der Waals surface area contributed by atoms with Crippen LogP contribution in [0.25, 0.3) is 28.1 Å². The topological polar surface area (TPSA) is 81.5 Å². The van der Waals surface area contributed by atoms with Gasteiger partial charge < -0.3 is 14.3 Å². The van der Waals surface area contributed by atoms with Crippen LogP contribution in [-0.2, 0) is 17.9 Å². The Balaban J connectivity index is 1.60. The van der Waals surface area contributed by atoms with Crippen LogP contribution < -0.4 is 10.9 Å². The number of aromatic nitrogens is 3. The fourth-order valence-corrected chi connectivity index (χ4v) is 3.59. The zero-order valence-corrected chi connectivity index (χ0v) is 16.3. The Morgan fingerprint density at radius 3 is 2.55 bits per heavy atom. The van der Waals surface area contributed by atoms with Gasteiger partial charge in [0.15, 0.2) is 0 Å². The van der Waals surface area contributed by atoms with Gasteiger partial charge in [0, 0.05) is 11.6 Å². The first-order chi connectivity index (χ1) is 15.1. The summed E-state index contributed by atoms with van der Waals surface area (Å²) in [6, 6.07) is 18.0. The Labute approximate surface area is 175 Å². The maximum absolute atomic E-state index is 13.3. The van der Waals surface area contributed by atoms with Gasteiger partial charge >= 0.3 is 0 Å². The number of hydrogen-bond donors (Lipinski definition) is 1. The van der Waals surface area contributed by atoms with E-state index in [0.717, 1.165) is 0 Å². The molecule has 5 aromatic rings. The van der Waals surface area contributed by atoms with Gasteiger partial charge in [-0.05, 0) is 48.5 Å². The molecule has 0 aliphatic heterocycles. The lowest BCUT2D eigenvalue weighted by atomic mass is 10.1. The molecule has 0 aliphatic rings. The third kappa shape index (κ3) is 3.48. The van der Waals surface area contributed by atoms with Crippen LogP contribution in [-0.4, -0.2) is 19.9 Å². The van der Waals surface area contributed by atoms with Crippen LogP contribution in [0, 0.1) is 5.82 Å². The van der Waals surface area contributed by atoms with Gasteiger partial charge in [-0.25, -0.2) is 13.8 Å². The number of nitrogens with zero attached hydrogens (tertiary/aromatic N) is 3. The van der Waals surface area contributed by atoms with Crippen LogP contribution in [0.5, 0.6) is 0 Å². The van der Waals surface area contributed by atoms with Gasteiger partial charge in [0.25, 0.3) is 5.56 Å². The SMILES string of the molecule is O=C(Cn1c2ccccc2n2c(=O)cc(-c3ccc(F)cc3)nc12)NCc1ccco1. The van der Waals surface area contributed by atoms with Crippen molar-refractivity contribution in [3.8, 4) is 11.3 Å². The Kier molecular flexibility index (Phi) is 4.59. The molecule has 0 saturated heterocycles. The summed E-state index contributed by atoms with van der Waals surface area (Å²) in [5, 5.41) is 2.81. The highest BCUT2D eigenvalue weighted by Crippen LogP contribution is 2.22. The molecule has 0 fully saturated rings. The average molecular weight is 416 g/mol. The van der Waals surface area contributed by atoms with Gasteiger partial charge in [0.1, 0.15) is 18.1 Å². The Morgan fingerprint density at radius 2 is 1.81 bits per heavy atom. The van der Waals surface area contributed by atoms with Crippen molar-refractivity contribution in [2.45, 2.75) is 13.1 Å². The summed E-state index contributed by atoms with van der Waals surface area (Å²) in [5.41, 5.74) is 2.09. The van der Waals surface area contributed by atoms with E-state index in [9.17, 15) is 14.0 Å². The van der Waals surface area contributed by atoms with E-state index in [0.29, 0.717) is 33.8 Å². The molecule has 7 nitrogen and oxygen atoms in total. The predicted molar refractivity (Wildman–Crippen MR) is 113 cm³/mol. The molecule has 1 N–H and O–H groups in total. The van der Waals surface area contributed by atoms with E-state index in [1.165, 1.54) is 22.6 Å². The molecule has 5 rings (SSSR count). The Hall–Kier alpha value is -4.20. The van der Waals surface area contributed by atoms with E-state index in [2.05, 4.69) is 10.3 Å². The molecule has 0 bridgehead atoms. The second kappa shape index (κ2) is 7.56. The number of rotatable bonds is 5. The van der Waals surface area contributed by atoms with Crippen molar-refractivity contribution in [2.75, 3.05) is 0 Å². The molecule has 0 spiro atoms. The van der Waals surface area contributed by atoms with Crippen LogP contribution >= 0.6 is 0 Å². The van der Waals surface area contributed by atoms with Gasteiger partial charge in [-0.1, -0.05) is 12.1 Å². The monoisotopic (exact) mass is 416 g/mol. The molecule has 154 valence electrons. The molecular weight excluding hydrogens is 399 g/mol. The number of fused-ring (bicyclic) bond motifs is 3. The largest absolute Gasteiger partial charge is 0.467 e. The average Bonchev–Trinajstić information content (AvgIpc) is 3.40. The maximum Gasteiger partial charge on any atom is 0.260 e. The minimum atomic E-state index is -0.371. The maximum atomic E-state index is 13.3. The third-order valence-corrected chi connectivity index (χ3v) is 5.04. The summed E-state index contributed by atoms with van der Waals surface area (Å²) in [5.74, 6) is 0.356. The van der Waals surface area contributed by atoms with E-state index < -0.39 is 0 Å². The first kappa shape index (κ1) is 18.8. The van der Waals surface area contributed by atoms with Crippen LogP contribution in [0.1, 0.15) is 5.76 Å². The predicted octanol–water partition coefficient (Wildman–Crippen LogP) is 3.36.